The molecule has 0 aliphatic rings. The van der Waals surface area contributed by atoms with E-state index in [4.69, 9.17) is 37.9 Å². The fraction of sp³-hybridized carbons (Fsp3) is 0.381. The van der Waals surface area contributed by atoms with Crippen molar-refractivity contribution in [2.24, 2.45) is 0 Å². The summed E-state index contributed by atoms with van der Waals surface area (Å²) in [6.45, 7) is 10.2. The lowest BCUT2D eigenvalue weighted by Gasteiger charge is -2.20. The van der Waals surface area contributed by atoms with Gasteiger partial charge in [0.2, 0.25) is 0 Å². The maximum absolute atomic E-state index is 12.8. The van der Waals surface area contributed by atoms with E-state index in [2.05, 4.69) is 20.6 Å². The molecule has 0 radical (unpaired) electrons. The summed E-state index contributed by atoms with van der Waals surface area (Å²) < 4.78 is 45.8. The summed E-state index contributed by atoms with van der Waals surface area (Å²) in [5.74, 6) is 2.38. The van der Waals surface area contributed by atoms with Crippen molar-refractivity contribution in [1.82, 2.24) is 20.6 Å². The molecule has 2 N–H and O–H groups in total. The van der Waals surface area contributed by atoms with Crippen LogP contribution < -0.4 is 39.1 Å². The second-order valence-corrected chi connectivity index (χ2v) is 12.9. The van der Waals surface area contributed by atoms with Gasteiger partial charge in [-0.2, -0.15) is 0 Å². The maximum atomic E-state index is 12.8. The number of nitrogens with one attached hydrogen (secondary N) is 2. The molecule has 0 saturated heterocycles. The molecule has 2 atom stereocenters. The van der Waals surface area contributed by atoms with Crippen LogP contribution >= 0.6 is 0 Å². The van der Waals surface area contributed by atoms with E-state index in [0.717, 1.165) is 12.2 Å². The minimum absolute atomic E-state index is 0.0802. The van der Waals surface area contributed by atoms with Crippen molar-refractivity contribution in [1.29, 1.82) is 0 Å². The fourth-order valence-corrected chi connectivity index (χ4v) is 4.69. The van der Waals surface area contributed by atoms with Crippen LogP contribution in [0.3, 0.4) is 0 Å². The molecule has 0 spiro atoms. The molecule has 2 aromatic heterocycles. The van der Waals surface area contributed by atoms with Gasteiger partial charge >= 0.3 is 11.9 Å². The van der Waals surface area contributed by atoms with Gasteiger partial charge in [0.25, 0.3) is 0 Å². The van der Waals surface area contributed by atoms with Gasteiger partial charge in [0, 0.05) is 49.7 Å². The number of rotatable bonds is 26. The van der Waals surface area contributed by atoms with Crippen LogP contribution in [-0.4, -0.2) is 98.9 Å². The molecule has 56 heavy (non-hydrogen) atoms. The van der Waals surface area contributed by atoms with Crippen molar-refractivity contribution in [3.05, 3.63) is 110 Å². The molecule has 0 aliphatic heterocycles. The highest BCUT2D eigenvalue weighted by atomic mass is 16.6. The highest BCUT2D eigenvalue weighted by Crippen LogP contribution is 2.20. The zero-order valence-corrected chi connectivity index (χ0v) is 32.3. The summed E-state index contributed by atoms with van der Waals surface area (Å²) in [4.78, 5) is 33.6. The maximum Gasteiger partial charge on any atom is 0.331 e. The third-order valence-electron chi connectivity index (χ3n) is 7.46. The Labute approximate surface area is 328 Å². The van der Waals surface area contributed by atoms with Gasteiger partial charge in [0.05, 0.1) is 12.4 Å². The van der Waals surface area contributed by atoms with Crippen molar-refractivity contribution < 1.29 is 47.5 Å². The molecule has 2 heterocycles. The van der Waals surface area contributed by atoms with Gasteiger partial charge in [0.1, 0.15) is 86.3 Å². The highest BCUT2D eigenvalue weighted by Gasteiger charge is 2.18. The van der Waals surface area contributed by atoms with E-state index < -0.39 is 24.1 Å². The normalized spacial score (nSPS) is 12.2. The van der Waals surface area contributed by atoms with E-state index in [1.54, 1.807) is 85.5 Å². The lowest BCUT2D eigenvalue weighted by Crippen LogP contribution is -2.38. The lowest BCUT2D eigenvalue weighted by atomic mass is 10.3. The predicted molar refractivity (Wildman–Crippen MR) is 210 cm³/mol. The summed E-state index contributed by atoms with van der Waals surface area (Å²) in [5, 5.41) is 6.51. The van der Waals surface area contributed by atoms with Crippen LogP contribution in [0.4, 0.5) is 0 Å². The smallest absolute Gasteiger partial charge is 0.331 e. The van der Waals surface area contributed by atoms with Crippen LogP contribution in [-0.2, 0) is 19.1 Å². The minimum Gasteiger partial charge on any atom is -0.490 e. The molecule has 0 bridgehead atoms. The van der Waals surface area contributed by atoms with E-state index >= 15 is 0 Å². The molecule has 300 valence electrons. The average molecular weight is 773 g/mol. The Balaban J connectivity index is 1.19. The third-order valence-corrected chi connectivity index (χ3v) is 7.46. The van der Waals surface area contributed by atoms with E-state index in [1.165, 1.54) is 0 Å². The van der Waals surface area contributed by atoms with Gasteiger partial charge in [-0.3, -0.25) is 9.97 Å². The molecule has 2 aromatic carbocycles. The van der Waals surface area contributed by atoms with Crippen LogP contribution in [0.25, 0.3) is 0 Å². The van der Waals surface area contributed by atoms with E-state index in [1.807, 2.05) is 39.8 Å². The monoisotopic (exact) mass is 772 g/mol. The van der Waals surface area contributed by atoms with Crippen LogP contribution in [0.1, 0.15) is 27.7 Å². The Bertz CT molecular complexity index is 1580. The number of hydrogen-bond acceptors (Lipinski definition) is 14. The average Bonchev–Trinajstić information content (AvgIpc) is 3.21. The Morgan fingerprint density at radius 1 is 0.518 bits per heavy atom. The first kappa shape index (κ1) is 42.9. The number of carbonyl (C=O) groups is 2. The number of pyridine rings is 2. The van der Waals surface area contributed by atoms with Gasteiger partial charge in [0.15, 0.2) is 0 Å². The summed E-state index contributed by atoms with van der Waals surface area (Å²) in [6, 6.07) is 21.8. The van der Waals surface area contributed by atoms with Gasteiger partial charge < -0.3 is 48.5 Å². The van der Waals surface area contributed by atoms with Gasteiger partial charge in [-0.05, 0) is 72.8 Å². The molecule has 0 amide bonds. The second-order valence-electron chi connectivity index (χ2n) is 12.9. The second kappa shape index (κ2) is 24.5. The van der Waals surface area contributed by atoms with Crippen molar-refractivity contribution in [3.8, 4) is 34.5 Å². The number of carbonyl (C=O) groups excluding carboxylic acids is 2. The first-order valence-electron chi connectivity index (χ1n) is 18.5. The van der Waals surface area contributed by atoms with E-state index in [-0.39, 0.29) is 25.3 Å². The lowest BCUT2D eigenvalue weighted by molar-refractivity contribution is -0.147. The van der Waals surface area contributed by atoms with Crippen LogP contribution in [0, 0.1) is 0 Å². The van der Waals surface area contributed by atoms with Crippen LogP contribution in [0.15, 0.2) is 110 Å². The van der Waals surface area contributed by atoms with Crippen LogP contribution in [0.5, 0.6) is 34.5 Å². The first-order chi connectivity index (χ1) is 27.2. The van der Waals surface area contributed by atoms with Crippen molar-refractivity contribution in [2.75, 3.05) is 52.7 Å². The number of nitrogens with zero attached hydrogens (tertiary/aromatic N) is 2. The van der Waals surface area contributed by atoms with Gasteiger partial charge in [-0.25, -0.2) is 9.59 Å². The first-order valence-corrected chi connectivity index (χ1v) is 18.5. The fourth-order valence-electron chi connectivity index (χ4n) is 4.69. The zero-order valence-electron chi connectivity index (χ0n) is 32.3. The molecule has 0 saturated carbocycles. The Hall–Kier alpha value is -5.86. The predicted octanol–water partition coefficient (Wildman–Crippen LogP) is 5.23. The standard InChI is InChI=1S/C42H52N4O10/c1-31(2)45-27-39(29-53-35-13-9-33(10-14-35)49-21-23-51-37-7-5-19-43-25-37)55-41(47)17-18-42(48)56-40(28-46-32(3)4)30-54-36-15-11-34(12-16-36)50-22-24-52-38-8-6-20-44-26-38/h5-20,25-26,31-32,39-40,45-46H,21-24,27-30H2,1-4H3/b18-17-. The number of hydrogen-bond donors (Lipinski definition) is 2. The summed E-state index contributed by atoms with van der Waals surface area (Å²) in [6.07, 6.45) is 7.46. The Morgan fingerprint density at radius 3 is 1.18 bits per heavy atom. The molecule has 0 fully saturated rings. The molecule has 2 unspecified atom stereocenters. The molecule has 14 heteroatoms. The highest BCUT2D eigenvalue weighted by molar-refractivity contribution is 5.91. The summed E-state index contributed by atoms with van der Waals surface area (Å²) in [5.41, 5.74) is 0. The van der Waals surface area contributed by atoms with Crippen molar-refractivity contribution >= 4 is 11.9 Å². The number of aromatic nitrogens is 2. The molecular weight excluding hydrogens is 720 g/mol. The SMILES string of the molecule is CC(C)NCC(COc1ccc(OCCOc2cccnc2)cc1)OC(=O)/C=C\C(=O)OC(CNC(C)C)COc1ccc(OCCOc2cccnc2)cc1. The third kappa shape index (κ3) is 18.0. The van der Waals surface area contributed by atoms with Gasteiger partial charge in [-0.1, -0.05) is 27.7 Å². The summed E-state index contributed by atoms with van der Waals surface area (Å²) >= 11 is 0. The molecule has 14 nitrogen and oxygen atoms in total. The zero-order chi connectivity index (χ0) is 39.8. The molecule has 0 aliphatic carbocycles. The van der Waals surface area contributed by atoms with E-state index in [9.17, 15) is 9.59 Å². The number of ether oxygens (including phenoxy) is 8. The Morgan fingerprint density at radius 2 is 0.857 bits per heavy atom. The molecular formula is C42H52N4O10. The van der Waals surface area contributed by atoms with Gasteiger partial charge in [-0.15, -0.1) is 0 Å². The summed E-state index contributed by atoms with van der Waals surface area (Å²) in [7, 11) is 0. The largest absolute Gasteiger partial charge is 0.490 e. The van der Waals surface area contributed by atoms with Crippen molar-refractivity contribution in [3.63, 3.8) is 0 Å². The topological polar surface area (TPSA) is 158 Å². The quantitative estimate of drug-likeness (QED) is 0.0486. The minimum atomic E-state index is -0.711. The molecule has 4 aromatic rings. The number of esters is 2. The Kier molecular flexibility index (Phi) is 18.8. The van der Waals surface area contributed by atoms with E-state index in [0.29, 0.717) is 74.0 Å². The van der Waals surface area contributed by atoms with Crippen LogP contribution in [0.2, 0.25) is 0 Å². The molecule has 4 rings (SSSR count). The van der Waals surface area contributed by atoms with Crippen molar-refractivity contribution in [2.45, 2.75) is 52.0 Å². The number of benzene rings is 2.